The minimum atomic E-state index is -0.693. The van der Waals surface area contributed by atoms with Crippen LogP contribution in [0.15, 0.2) is 28.3 Å². The molecule has 0 spiro atoms. The topological polar surface area (TPSA) is 122 Å². The SMILES string of the molecule is COc1cc(Br)cc(C2C3=CCC4C(=O)NC(=O)C4C3CC3C(=O)NC(=O)C32)c1O. The van der Waals surface area contributed by atoms with Crippen molar-refractivity contribution in [2.75, 3.05) is 7.11 Å². The Bertz CT molecular complexity index is 1050. The van der Waals surface area contributed by atoms with Crippen LogP contribution in [0.25, 0.3) is 0 Å². The van der Waals surface area contributed by atoms with Crippen LogP contribution < -0.4 is 15.4 Å². The van der Waals surface area contributed by atoms with Crippen molar-refractivity contribution in [3.05, 3.63) is 33.8 Å². The van der Waals surface area contributed by atoms with Crippen LogP contribution in [-0.2, 0) is 19.2 Å². The van der Waals surface area contributed by atoms with E-state index in [4.69, 9.17) is 4.74 Å². The first-order valence-electron chi connectivity index (χ1n) is 9.77. The van der Waals surface area contributed by atoms with E-state index in [1.54, 1.807) is 12.1 Å². The molecule has 0 aromatic heterocycles. The summed E-state index contributed by atoms with van der Waals surface area (Å²) in [4.78, 5) is 50.1. The van der Waals surface area contributed by atoms with E-state index in [0.717, 1.165) is 5.57 Å². The Hall–Kier alpha value is -2.68. The van der Waals surface area contributed by atoms with Gasteiger partial charge in [0.15, 0.2) is 11.5 Å². The van der Waals surface area contributed by atoms with Gasteiger partial charge in [-0.2, -0.15) is 0 Å². The molecule has 2 aliphatic heterocycles. The molecule has 4 amide bonds. The third-order valence-corrected chi connectivity index (χ3v) is 7.42. The van der Waals surface area contributed by atoms with Crippen molar-refractivity contribution in [3.63, 3.8) is 0 Å². The molecule has 5 rings (SSSR count). The fourth-order valence-corrected chi connectivity index (χ4v) is 6.20. The maximum Gasteiger partial charge on any atom is 0.231 e. The van der Waals surface area contributed by atoms with Gasteiger partial charge in [-0.1, -0.05) is 27.6 Å². The van der Waals surface area contributed by atoms with E-state index in [9.17, 15) is 24.3 Å². The van der Waals surface area contributed by atoms with Gasteiger partial charge in [-0.15, -0.1) is 0 Å². The van der Waals surface area contributed by atoms with Crippen molar-refractivity contribution in [3.8, 4) is 11.5 Å². The molecular formula is C21H19BrN2O6. The lowest BCUT2D eigenvalue weighted by atomic mass is 9.57. The fraction of sp³-hybridized carbons (Fsp3) is 0.429. The number of nitrogens with one attached hydrogen (secondary N) is 2. The number of carbonyl (C=O) groups excluding carboxylic acids is 4. The van der Waals surface area contributed by atoms with E-state index < -0.39 is 29.6 Å². The van der Waals surface area contributed by atoms with Crippen molar-refractivity contribution in [2.24, 2.45) is 29.6 Å². The van der Waals surface area contributed by atoms with Gasteiger partial charge in [0.2, 0.25) is 23.6 Å². The molecule has 6 unspecified atom stereocenters. The van der Waals surface area contributed by atoms with Crippen LogP contribution in [0, 0.1) is 29.6 Å². The second kappa shape index (κ2) is 6.66. The summed E-state index contributed by atoms with van der Waals surface area (Å²) in [6.07, 6.45) is 2.61. The molecule has 9 heteroatoms. The van der Waals surface area contributed by atoms with Gasteiger partial charge in [0.1, 0.15) is 0 Å². The first kappa shape index (κ1) is 19.3. The van der Waals surface area contributed by atoms with Crippen LogP contribution in [0.2, 0.25) is 0 Å². The number of allylic oxidation sites excluding steroid dienone is 2. The molecule has 1 aromatic rings. The zero-order valence-electron chi connectivity index (χ0n) is 16.0. The zero-order chi connectivity index (χ0) is 21.3. The highest BCUT2D eigenvalue weighted by molar-refractivity contribution is 9.10. The first-order valence-corrected chi connectivity index (χ1v) is 10.6. The number of hydrogen-bond acceptors (Lipinski definition) is 6. The van der Waals surface area contributed by atoms with Gasteiger partial charge in [-0.3, -0.25) is 29.8 Å². The largest absolute Gasteiger partial charge is 0.504 e. The number of rotatable bonds is 2. The fourth-order valence-electron chi connectivity index (χ4n) is 5.74. The molecule has 4 aliphatic rings. The number of methoxy groups -OCH3 is 1. The number of phenols is 1. The van der Waals surface area contributed by atoms with Crippen LogP contribution in [0.4, 0.5) is 0 Å². The minimum Gasteiger partial charge on any atom is -0.504 e. The van der Waals surface area contributed by atoms with Gasteiger partial charge >= 0.3 is 0 Å². The van der Waals surface area contributed by atoms with Gasteiger partial charge in [0.25, 0.3) is 0 Å². The maximum atomic E-state index is 12.8. The summed E-state index contributed by atoms with van der Waals surface area (Å²) in [7, 11) is 1.43. The number of ether oxygens (including phenoxy) is 1. The van der Waals surface area contributed by atoms with E-state index in [1.165, 1.54) is 7.11 Å². The summed E-state index contributed by atoms with van der Waals surface area (Å²) < 4.78 is 5.93. The number of halogens is 1. The molecule has 0 radical (unpaired) electrons. The Morgan fingerprint density at radius 3 is 2.33 bits per heavy atom. The minimum absolute atomic E-state index is 0.104. The Morgan fingerprint density at radius 2 is 1.63 bits per heavy atom. The average Bonchev–Trinajstić information content (AvgIpc) is 3.16. The van der Waals surface area contributed by atoms with E-state index in [-0.39, 0.29) is 41.0 Å². The lowest BCUT2D eigenvalue weighted by Gasteiger charge is -2.44. The number of imide groups is 2. The molecular weight excluding hydrogens is 456 g/mol. The molecule has 30 heavy (non-hydrogen) atoms. The number of benzene rings is 1. The van der Waals surface area contributed by atoms with Crippen molar-refractivity contribution >= 4 is 39.6 Å². The molecule has 1 saturated carbocycles. The van der Waals surface area contributed by atoms with Crippen LogP contribution in [-0.4, -0.2) is 35.8 Å². The highest BCUT2D eigenvalue weighted by Gasteiger charge is 2.59. The molecule has 1 aromatic carbocycles. The summed E-state index contributed by atoms with van der Waals surface area (Å²) in [5.74, 6) is -4.56. The molecule has 2 heterocycles. The van der Waals surface area contributed by atoms with Crippen LogP contribution in [0.5, 0.6) is 11.5 Å². The van der Waals surface area contributed by atoms with Crippen molar-refractivity contribution < 1.29 is 29.0 Å². The Kier molecular flexibility index (Phi) is 4.29. The first-order chi connectivity index (χ1) is 14.3. The molecule has 2 saturated heterocycles. The van der Waals surface area contributed by atoms with E-state index in [0.29, 0.717) is 22.9 Å². The number of phenolic OH excluding ortho intramolecular Hbond substituents is 1. The normalized spacial score (nSPS) is 34.5. The van der Waals surface area contributed by atoms with Crippen LogP contribution >= 0.6 is 15.9 Å². The molecule has 6 atom stereocenters. The van der Waals surface area contributed by atoms with Crippen molar-refractivity contribution in [1.82, 2.24) is 10.6 Å². The molecule has 3 fully saturated rings. The average molecular weight is 475 g/mol. The highest BCUT2D eigenvalue weighted by atomic mass is 79.9. The van der Waals surface area contributed by atoms with Crippen LogP contribution in [0.1, 0.15) is 24.3 Å². The Morgan fingerprint density at radius 1 is 0.967 bits per heavy atom. The molecule has 156 valence electrons. The molecule has 8 nitrogen and oxygen atoms in total. The van der Waals surface area contributed by atoms with E-state index >= 15 is 0 Å². The molecule has 0 bridgehead atoms. The highest BCUT2D eigenvalue weighted by Crippen LogP contribution is 2.57. The summed E-state index contributed by atoms with van der Waals surface area (Å²) in [5, 5.41) is 15.7. The number of amides is 4. The number of aromatic hydroxyl groups is 1. The van der Waals surface area contributed by atoms with Gasteiger partial charge < -0.3 is 9.84 Å². The standard InChI is InChI=1S/C21H19BrN2O6/c1-30-13-5-7(22)4-11(17(13)25)14-8-2-3-9-15(20(28)23-18(9)26)10(8)6-12-16(14)21(29)24-19(12)27/h2,4-5,9-10,12,14-16,25H,3,6H2,1H3,(H,23,26,28)(H,24,27,29). The molecule has 2 aliphatic carbocycles. The van der Waals surface area contributed by atoms with Gasteiger partial charge in [0.05, 0.1) is 30.8 Å². The molecule has 3 N–H and O–H groups in total. The van der Waals surface area contributed by atoms with E-state index in [1.807, 2.05) is 6.08 Å². The van der Waals surface area contributed by atoms with E-state index in [2.05, 4.69) is 26.6 Å². The summed E-state index contributed by atoms with van der Waals surface area (Å²) in [6, 6.07) is 3.33. The van der Waals surface area contributed by atoms with Crippen molar-refractivity contribution in [1.29, 1.82) is 0 Å². The van der Waals surface area contributed by atoms with Crippen LogP contribution in [0.3, 0.4) is 0 Å². The number of carbonyl (C=O) groups is 4. The van der Waals surface area contributed by atoms with Gasteiger partial charge in [-0.05, 0) is 30.9 Å². The summed E-state index contributed by atoms with van der Waals surface area (Å²) in [6.45, 7) is 0. The summed E-state index contributed by atoms with van der Waals surface area (Å²) >= 11 is 3.42. The third-order valence-electron chi connectivity index (χ3n) is 6.96. The van der Waals surface area contributed by atoms with Gasteiger partial charge in [0, 0.05) is 16.0 Å². The zero-order valence-corrected chi connectivity index (χ0v) is 17.6. The monoisotopic (exact) mass is 474 g/mol. The third kappa shape index (κ3) is 2.57. The van der Waals surface area contributed by atoms with Crippen molar-refractivity contribution in [2.45, 2.75) is 18.8 Å². The number of fused-ring (bicyclic) bond motifs is 4. The number of hydrogen-bond donors (Lipinski definition) is 3. The lowest BCUT2D eigenvalue weighted by molar-refractivity contribution is -0.128. The lowest BCUT2D eigenvalue weighted by Crippen LogP contribution is -2.42. The van der Waals surface area contributed by atoms with Gasteiger partial charge in [-0.25, -0.2) is 0 Å². The Labute approximate surface area is 180 Å². The maximum absolute atomic E-state index is 12.8. The Balaban J connectivity index is 1.70. The second-order valence-corrected chi connectivity index (χ2v) is 9.19. The predicted molar refractivity (Wildman–Crippen MR) is 106 cm³/mol. The quantitative estimate of drug-likeness (QED) is 0.439. The summed E-state index contributed by atoms with van der Waals surface area (Å²) in [5.41, 5.74) is 1.28. The second-order valence-electron chi connectivity index (χ2n) is 8.28. The predicted octanol–water partition coefficient (Wildman–Crippen LogP) is 1.37. The smallest absolute Gasteiger partial charge is 0.231 e.